The molecule has 0 bridgehead atoms. The number of anilines is 1. The number of nitrogens with zero attached hydrogens (tertiary/aromatic N) is 2. The van der Waals surface area contributed by atoms with Crippen LogP contribution in [0.3, 0.4) is 0 Å². The van der Waals surface area contributed by atoms with Crippen LogP contribution in [0, 0.1) is 0 Å². The van der Waals surface area contributed by atoms with Gasteiger partial charge < -0.3 is 14.7 Å². The molecule has 2 rings (SSSR count). The monoisotopic (exact) mass is 262 g/mol. The normalized spacial score (nSPS) is 14.8. The topological polar surface area (TPSA) is 62.7 Å². The predicted molar refractivity (Wildman–Crippen MR) is 73.2 cm³/mol. The zero-order valence-corrected chi connectivity index (χ0v) is 11.0. The Morgan fingerprint density at radius 3 is 2.89 bits per heavy atom. The molecule has 0 saturated heterocycles. The highest BCUT2D eigenvalue weighted by Crippen LogP contribution is 2.30. The van der Waals surface area contributed by atoms with Crippen LogP contribution in [0.4, 0.5) is 5.82 Å². The molecule has 1 aliphatic carbocycles. The van der Waals surface area contributed by atoms with E-state index < -0.39 is 5.97 Å². The lowest BCUT2D eigenvalue weighted by molar-refractivity contribution is -0.131. The molecular formula is C14H18N2O3. The largest absolute Gasteiger partial charge is 0.478 e. The molecular weight excluding hydrogens is 244 g/mol. The lowest BCUT2D eigenvalue weighted by atomic mass is 10.2. The molecule has 0 aromatic carbocycles. The first-order chi connectivity index (χ1) is 9.20. The van der Waals surface area contributed by atoms with Crippen molar-refractivity contribution in [3.63, 3.8) is 0 Å². The number of rotatable bonds is 7. The highest BCUT2D eigenvalue weighted by molar-refractivity contribution is 5.85. The van der Waals surface area contributed by atoms with Gasteiger partial charge in [-0.1, -0.05) is 0 Å². The maximum Gasteiger partial charge on any atom is 0.328 e. The van der Waals surface area contributed by atoms with Gasteiger partial charge in [-0.3, -0.25) is 0 Å². The van der Waals surface area contributed by atoms with Gasteiger partial charge in [-0.25, -0.2) is 9.78 Å². The Labute approximate surface area is 112 Å². The van der Waals surface area contributed by atoms with Crippen molar-refractivity contribution in [2.45, 2.75) is 18.9 Å². The zero-order valence-electron chi connectivity index (χ0n) is 11.0. The molecule has 1 heterocycles. The molecule has 0 unspecified atom stereocenters. The summed E-state index contributed by atoms with van der Waals surface area (Å²) in [6, 6.07) is 4.38. The molecule has 1 saturated carbocycles. The van der Waals surface area contributed by atoms with Crippen LogP contribution in [-0.4, -0.2) is 42.4 Å². The summed E-state index contributed by atoms with van der Waals surface area (Å²) < 4.78 is 5.11. The van der Waals surface area contributed by atoms with Gasteiger partial charge in [0.05, 0.1) is 6.61 Å². The molecule has 1 aliphatic rings. The quantitative estimate of drug-likeness (QED) is 0.759. The first-order valence-corrected chi connectivity index (χ1v) is 6.33. The number of methoxy groups -OCH3 is 1. The van der Waals surface area contributed by atoms with Crippen molar-refractivity contribution in [2.75, 3.05) is 25.2 Å². The van der Waals surface area contributed by atoms with Crippen molar-refractivity contribution in [1.29, 1.82) is 0 Å². The number of ether oxygens (including phenoxy) is 1. The van der Waals surface area contributed by atoms with E-state index >= 15 is 0 Å². The minimum absolute atomic E-state index is 0.572. The minimum atomic E-state index is -0.955. The molecule has 102 valence electrons. The molecule has 5 heteroatoms. The van der Waals surface area contributed by atoms with Crippen molar-refractivity contribution in [2.24, 2.45) is 0 Å². The van der Waals surface area contributed by atoms with E-state index in [0.29, 0.717) is 12.6 Å². The van der Waals surface area contributed by atoms with Crippen LogP contribution in [0.5, 0.6) is 0 Å². The molecule has 1 aromatic rings. The van der Waals surface area contributed by atoms with E-state index in [-0.39, 0.29) is 0 Å². The van der Waals surface area contributed by atoms with E-state index in [2.05, 4.69) is 9.88 Å². The smallest absolute Gasteiger partial charge is 0.328 e. The lowest BCUT2D eigenvalue weighted by Crippen LogP contribution is -2.30. The Bertz CT molecular complexity index is 452. The molecule has 5 nitrogen and oxygen atoms in total. The van der Waals surface area contributed by atoms with Crippen LogP contribution < -0.4 is 4.90 Å². The van der Waals surface area contributed by atoms with E-state index in [1.54, 1.807) is 13.3 Å². The van der Waals surface area contributed by atoms with Gasteiger partial charge in [0.25, 0.3) is 0 Å². The predicted octanol–water partition coefficient (Wildman–Crippen LogP) is 1.79. The molecule has 19 heavy (non-hydrogen) atoms. The van der Waals surface area contributed by atoms with Gasteiger partial charge in [-0.05, 0) is 36.6 Å². The Kier molecular flexibility index (Phi) is 4.52. The standard InChI is InChI=1S/C14H18N2O3/c1-19-9-8-16(12-4-5-12)13-6-2-11(10-15-13)3-7-14(17)18/h2-3,6-7,10,12H,4-5,8-9H2,1H3,(H,17,18)/b7-3+. The van der Waals surface area contributed by atoms with Crippen LogP contribution in [0.25, 0.3) is 6.08 Å². The third-order valence-corrected chi connectivity index (χ3v) is 3.01. The molecule has 1 aromatic heterocycles. The fraction of sp³-hybridized carbons (Fsp3) is 0.429. The van der Waals surface area contributed by atoms with Crippen molar-refractivity contribution in [3.05, 3.63) is 30.0 Å². The van der Waals surface area contributed by atoms with Gasteiger partial charge in [0.2, 0.25) is 0 Å². The molecule has 1 N–H and O–H groups in total. The van der Waals surface area contributed by atoms with Crippen LogP contribution in [0.15, 0.2) is 24.4 Å². The average Bonchev–Trinajstić information content (AvgIpc) is 3.23. The first kappa shape index (κ1) is 13.5. The maximum atomic E-state index is 10.4. The van der Waals surface area contributed by atoms with E-state index in [1.807, 2.05) is 12.1 Å². The Balaban J connectivity index is 2.04. The second kappa shape index (κ2) is 6.33. The number of hydrogen-bond donors (Lipinski definition) is 1. The lowest BCUT2D eigenvalue weighted by Gasteiger charge is -2.23. The number of carbonyl (C=O) groups is 1. The molecule has 0 aliphatic heterocycles. The molecule has 0 amide bonds. The summed E-state index contributed by atoms with van der Waals surface area (Å²) in [7, 11) is 1.69. The molecule has 0 radical (unpaired) electrons. The van der Waals surface area contributed by atoms with Crippen LogP contribution in [0.2, 0.25) is 0 Å². The first-order valence-electron chi connectivity index (χ1n) is 6.33. The van der Waals surface area contributed by atoms with Crippen LogP contribution >= 0.6 is 0 Å². The number of carboxylic acid groups (broad SMARTS) is 1. The van der Waals surface area contributed by atoms with Crippen molar-refractivity contribution < 1.29 is 14.6 Å². The number of aliphatic carboxylic acids is 1. The van der Waals surface area contributed by atoms with Crippen LogP contribution in [-0.2, 0) is 9.53 Å². The Morgan fingerprint density at radius 2 is 2.37 bits per heavy atom. The minimum Gasteiger partial charge on any atom is -0.478 e. The van der Waals surface area contributed by atoms with E-state index in [4.69, 9.17) is 9.84 Å². The van der Waals surface area contributed by atoms with Gasteiger partial charge in [0.1, 0.15) is 5.82 Å². The highest BCUT2D eigenvalue weighted by atomic mass is 16.5. The average molecular weight is 262 g/mol. The summed E-state index contributed by atoms with van der Waals surface area (Å²) in [6.45, 7) is 1.51. The summed E-state index contributed by atoms with van der Waals surface area (Å²) in [5, 5.41) is 8.57. The van der Waals surface area contributed by atoms with Gasteiger partial charge in [0, 0.05) is 32.0 Å². The fourth-order valence-corrected chi connectivity index (χ4v) is 1.89. The molecule has 1 fully saturated rings. The van der Waals surface area contributed by atoms with E-state index in [1.165, 1.54) is 18.9 Å². The summed E-state index contributed by atoms with van der Waals surface area (Å²) in [4.78, 5) is 17.1. The second-order valence-electron chi connectivity index (χ2n) is 4.54. The van der Waals surface area contributed by atoms with Crippen LogP contribution in [0.1, 0.15) is 18.4 Å². The van der Waals surface area contributed by atoms with Gasteiger partial charge in [-0.2, -0.15) is 0 Å². The highest BCUT2D eigenvalue weighted by Gasteiger charge is 2.29. The fourth-order valence-electron chi connectivity index (χ4n) is 1.89. The maximum absolute atomic E-state index is 10.4. The van der Waals surface area contributed by atoms with Gasteiger partial charge in [-0.15, -0.1) is 0 Å². The Morgan fingerprint density at radius 1 is 1.58 bits per heavy atom. The van der Waals surface area contributed by atoms with Gasteiger partial charge in [0.15, 0.2) is 0 Å². The Hall–Kier alpha value is -1.88. The number of hydrogen-bond acceptors (Lipinski definition) is 4. The zero-order chi connectivity index (χ0) is 13.7. The van der Waals surface area contributed by atoms with E-state index in [9.17, 15) is 4.79 Å². The molecule has 0 spiro atoms. The SMILES string of the molecule is COCCN(c1ccc(/C=C/C(=O)O)cn1)C1CC1. The summed E-state index contributed by atoms with van der Waals surface area (Å²) in [6.07, 6.45) is 6.74. The third kappa shape index (κ3) is 4.06. The van der Waals surface area contributed by atoms with Crippen molar-refractivity contribution in [3.8, 4) is 0 Å². The van der Waals surface area contributed by atoms with Gasteiger partial charge >= 0.3 is 5.97 Å². The second-order valence-corrected chi connectivity index (χ2v) is 4.54. The number of pyridine rings is 1. The van der Waals surface area contributed by atoms with Crippen molar-refractivity contribution >= 4 is 17.9 Å². The number of aromatic nitrogens is 1. The van der Waals surface area contributed by atoms with Crippen molar-refractivity contribution in [1.82, 2.24) is 4.98 Å². The summed E-state index contributed by atoms with van der Waals surface area (Å²) >= 11 is 0. The van der Waals surface area contributed by atoms with E-state index in [0.717, 1.165) is 24.0 Å². The summed E-state index contributed by atoms with van der Waals surface area (Å²) in [5.41, 5.74) is 0.786. The third-order valence-electron chi connectivity index (χ3n) is 3.01. The summed E-state index contributed by atoms with van der Waals surface area (Å²) in [5.74, 6) is -0.0317. The number of carboxylic acids is 1. The molecule has 0 atom stereocenters.